The number of carboxylic acids is 1. The minimum Gasteiger partial charge on any atom is -0.478 e. The fourth-order valence-electron chi connectivity index (χ4n) is 1.63. The Bertz CT molecular complexity index is 421. The normalized spacial score (nSPS) is 14.6. The van der Waals surface area contributed by atoms with Gasteiger partial charge in [0.2, 0.25) is 0 Å². The Kier molecular flexibility index (Phi) is 2.41. The van der Waals surface area contributed by atoms with E-state index in [1.54, 1.807) is 0 Å². The van der Waals surface area contributed by atoms with Gasteiger partial charge >= 0.3 is 5.97 Å². The van der Waals surface area contributed by atoms with Crippen LogP contribution in [0.4, 0.5) is 10.1 Å². The number of halogens is 1. The average Bonchev–Trinajstić information content (AvgIpc) is 2.70. The van der Waals surface area contributed by atoms with Gasteiger partial charge in [-0.3, -0.25) is 0 Å². The molecule has 0 radical (unpaired) electrons. The molecule has 0 atom stereocenters. The molecule has 78 valence electrons. The van der Waals surface area contributed by atoms with Crippen LogP contribution in [0.3, 0.4) is 0 Å². The topological polar surface area (TPSA) is 40.5 Å². The number of anilines is 1. The molecular weight excluding hydrogens is 197 g/mol. The smallest absolute Gasteiger partial charge is 0.337 e. The zero-order valence-electron chi connectivity index (χ0n) is 7.98. The average molecular weight is 207 g/mol. The Balaban J connectivity index is 2.41. The largest absolute Gasteiger partial charge is 0.478 e. The number of nitrogens with zero attached hydrogens (tertiary/aromatic N) is 1. The van der Waals surface area contributed by atoms with E-state index in [9.17, 15) is 9.18 Å². The molecule has 0 aromatic heterocycles. The Morgan fingerprint density at radius 3 is 2.60 bits per heavy atom. The van der Waals surface area contributed by atoms with Crippen molar-refractivity contribution in [3.8, 4) is 0 Å². The van der Waals surface area contributed by atoms with Crippen molar-refractivity contribution in [3.05, 3.63) is 41.7 Å². The second kappa shape index (κ2) is 3.73. The van der Waals surface area contributed by atoms with Gasteiger partial charge in [0.15, 0.2) is 0 Å². The van der Waals surface area contributed by atoms with E-state index < -0.39 is 11.8 Å². The molecule has 1 aromatic carbocycles. The van der Waals surface area contributed by atoms with Crippen LogP contribution in [0.15, 0.2) is 30.4 Å². The molecule has 0 bridgehead atoms. The zero-order chi connectivity index (χ0) is 10.8. The molecule has 1 aromatic rings. The summed E-state index contributed by atoms with van der Waals surface area (Å²) in [7, 11) is 0. The lowest BCUT2D eigenvalue weighted by Crippen LogP contribution is -2.21. The van der Waals surface area contributed by atoms with Crippen molar-refractivity contribution in [2.24, 2.45) is 0 Å². The molecule has 1 aliphatic heterocycles. The van der Waals surface area contributed by atoms with Crippen molar-refractivity contribution in [3.63, 3.8) is 0 Å². The molecule has 4 heteroatoms. The van der Waals surface area contributed by atoms with Gasteiger partial charge in [-0.25, -0.2) is 9.18 Å². The maximum Gasteiger partial charge on any atom is 0.337 e. The van der Waals surface area contributed by atoms with E-state index in [0.717, 1.165) is 6.07 Å². The lowest BCUT2D eigenvalue weighted by Gasteiger charge is -2.19. The van der Waals surface area contributed by atoms with Gasteiger partial charge in [0.05, 0.1) is 11.3 Å². The van der Waals surface area contributed by atoms with Crippen LogP contribution in [-0.4, -0.2) is 24.2 Å². The van der Waals surface area contributed by atoms with E-state index in [1.807, 2.05) is 17.1 Å². The van der Waals surface area contributed by atoms with E-state index in [1.165, 1.54) is 12.1 Å². The van der Waals surface area contributed by atoms with Crippen LogP contribution in [0.5, 0.6) is 0 Å². The van der Waals surface area contributed by atoms with Crippen LogP contribution < -0.4 is 4.90 Å². The Labute approximate surface area is 86.4 Å². The van der Waals surface area contributed by atoms with E-state index in [2.05, 4.69) is 0 Å². The first-order chi connectivity index (χ1) is 7.18. The summed E-state index contributed by atoms with van der Waals surface area (Å²) in [6, 6.07) is 3.84. The summed E-state index contributed by atoms with van der Waals surface area (Å²) < 4.78 is 12.9. The van der Waals surface area contributed by atoms with E-state index >= 15 is 0 Å². The summed E-state index contributed by atoms with van der Waals surface area (Å²) in [6.45, 7) is 1.35. The van der Waals surface area contributed by atoms with Crippen molar-refractivity contribution < 1.29 is 14.3 Å². The summed E-state index contributed by atoms with van der Waals surface area (Å²) in [5, 5.41) is 8.94. The molecule has 3 nitrogen and oxygen atoms in total. The van der Waals surface area contributed by atoms with Gasteiger partial charge in [0, 0.05) is 13.1 Å². The molecule has 2 rings (SSSR count). The lowest BCUT2D eigenvalue weighted by molar-refractivity contribution is 0.0697. The van der Waals surface area contributed by atoms with Crippen LogP contribution in [-0.2, 0) is 0 Å². The third-order valence-electron chi connectivity index (χ3n) is 2.35. The van der Waals surface area contributed by atoms with Crippen molar-refractivity contribution in [1.29, 1.82) is 0 Å². The van der Waals surface area contributed by atoms with Crippen LogP contribution in [0.25, 0.3) is 0 Å². The maximum atomic E-state index is 12.9. The molecule has 0 saturated carbocycles. The van der Waals surface area contributed by atoms with Gasteiger partial charge in [0.1, 0.15) is 5.82 Å². The van der Waals surface area contributed by atoms with Gasteiger partial charge in [0.25, 0.3) is 0 Å². The van der Waals surface area contributed by atoms with Crippen LogP contribution in [0.1, 0.15) is 10.4 Å². The fraction of sp³-hybridized carbons (Fsp3) is 0.182. The molecule has 1 aliphatic rings. The predicted octanol–water partition coefficient (Wildman–Crippen LogP) is 1.90. The van der Waals surface area contributed by atoms with Crippen LogP contribution in [0, 0.1) is 5.82 Å². The third-order valence-corrected chi connectivity index (χ3v) is 2.35. The molecular formula is C11H10FNO2. The monoisotopic (exact) mass is 207 g/mol. The van der Waals surface area contributed by atoms with Crippen molar-refractivity contribution >= 4 is 11.7 Å². The molecule has 0 saturated heterocycles. The second-order valence-corrected chi connectivity index (χ2v) is 3.34. The molecule has 0 unspecified atom stereocenters. The highest BCUT2D eigenvalue weighted by atomic mass is 19.1. The van der Waals surface area contributed by atoms with Crippen LogP contribution in [0.2, 0.25) is 0 Å². The highest BCUT2D eigenvalue weighted by Crippen LogP contribution is 2.23. The maximum absolute atomic E-state index is 12.9. The molecule has 0 spiro atoms. The van der Waals surface area contributed by atoms with E-state index in [0.29, 0.717) is 18.8 Å². The predicted molar refractivity (Wildman–Crippen MR) is 54.7 cm³/mol. The Morgan fingerprint density at radius 2 is 2.00 bits per heavy atom. The zero-order valence-corrected chi connectivity index (χ0v) is 7.98. The number of hydrogen-bond donors (Lipinski definition) is 1. The number of carbonyl (C=O) groups is 1. The first-order valence-corrected chi connectivity index (χ1v) is 4.61. The quantitative estimate of drug-likeness (QED) is 0.753. The van der Waals surface area contributed by atoms with Gasteiger partial charge in [-0.15, -0.1) is 0 Å². The fourth-order valence-corrected chi connectivity index (χ4v) is 1.63. The van der Waals surface area contributed by atoms with Crippen molar-refractivity contribution in [1.82, 2.24) is 0 Å². The van der Waals surface area contributed by atoms with Crippen molar-refractivity contribution in [2.45, 2.75) is 0 Å². The SMILES string of the molecule is O=C(O)c1cc(F)ccc1N1CC=CC1. The summed E-state index contributed by atoms with van der Waals surface area (Å²) in [4.78, 5) is 12.8. The Morgan fingerprint density at radius 1 is 1.33 bits per heavy atom. The van der Waals surface area contributed by atoms with Gasteiger partial charge in [-0.2, -0.15) is 0 Å². The minimum absolute atomic E-state index is 0.0127. The van der Waals surface area contributed by atoms with Gasteiger partial charge in [-0.05, 0) is 18.2 Å². The number of aromatic carboxylic acids is 1. The molecule has 1 N–H and O–H groups in total. The first-order valence-electron chi connectivity index (χ1n) is 4.61. The number of carboxylic acid groups (broad SMARTS) is 1. The molecule has 1 heterocycles. The summed E-state index contributed by atoms with van der Waals surface area (Å²) in [5.74, 6) is -1.63. The minimum atomic E-state index is -1.10. The molecule has 0 fully saturated rings. The number of benzene rings is 1. The second-order valence-electron chi connectivity index (χ2n) is 3.34. The molecule has 0 aliphatic carbocycles. The Hall–Kier alpha value is -1.84. The number of rotatable bonds is 2. The van der Waals surface area contributed by atoms with E-state index in [4.69, 9.17) is 5.11 Å². The summed E-state index contributed by atoms with van der Waals surface area (Å²) >= 11 is 0. The standard InChI is InChI=1S/C11H10FNO2/c12-8-3-4-10(9(7-8)11(14)15)13-5-1-2-6-13/h1-4,7H,5-6H2,(H,14,15). The lowest BCUT2D eigenvalue weighted by atomic mass is 10.1. The summed E-state index contributed by atoms with van der Waals surface area (Å²) in [5.41, 5.74) is 0.576. The summed E-state index contributed by atoms with van der Waals surface area (Å²) in [6.07, 6.45) is 3.91. The molecule has 15 heavy (non-hydrogen) atoms. The third kappa shape index (κ3) is 1.83. The highest BCUT2D eigenvalue weighted by molar-refractivity contribution is 5.94. The van der Waals surface area contributed by atoms with Crippen molar-refractivity contribution in [2.75, 3.05) is 18.0 Å². The van der Waals surface area contributed by atoms with E-state index in [-0.39, 0.29) is 5.56 Å². The molecule has 0 amide bonds. The first kappa shape index (κ1) is 9.71. The highest BCUT2D eigenvalue weighted by Gasteiger charge is 2.17. The van der Waals surface area contributed by atoms with Gasteiger partial charge < -0.3 is 10.0 Å². The van der Waals surface area contributed by atoms with Crippen LogP contribution >= 0.6 is 0 Å². The number of hydrogen-bond acceptors (Lipinski definition) is 2. The van der Waals surface area contributed by atoms with Gasteiger partial charge in [-0.1, -0.05) is 12.2 Å².